The van der Waals surface area contributed by atoms with Gasteiger partial charge in [0.05, 0.1) is 4.90 Å². The quantitative estimate of drug-likeness (QED) is 0.854. The van der Waals surface area contributed by atoms with Crippen molar-refractivity contribution in [3.05, 3.63) is 53.6 Å². The van der Waals surface area contributed by atoms with Crippen molar-refractivity contribution in [3.63, 3.8) is 0 Å². The van der Waals surface area contributed by atoms with E-state index in [-0.39, 0.29) is 16.4 Å². The average Bonchev–Trinajstić information content (AvgIpc) is 3.00. The smallest absolute Gasteiger partial charge is 0.255 e. The molecule has 1 saturated heterocycles. The van der Waals surface area contributed by atoms with E-state index < -0.39 is 15.9 Å². The zero-order valence-electron chi connectivity index (χ0n) is 14.2. The van der Waals surface area contributed by atoms with Crippen molar-refractivity contribution in [2.45, 2.75) is 24.7 Å². The Morgan fingerprint density at radius 3 is 2.62 bits per heavy atom. The number of nitrogens with zero attached hydrogens (tertiary/aromatic N) is 1. The zero-order chi connectivity index (χ0) is 18.9. The van der Waals surface area contributed by atoms with E-state index in [0.717, 1.165) is 12.1 Å². The third kappa shape index (κ3) is 3.76. The van der Waals surface area contributed by atoms with E-state index in [1.807, 2.05) is 6.07 Å². The number of nitrogens with one attached hydrogen (secondary N) is 1. The molecule has 26 heavy (non-hydrogen) atoms. The first-order valence-electron chi connectivity index (χ1n) is 8.11. The molecule has 136 valence electrons. The number of hydrogen-bond acceptors (Lipinski definition) is 4. The van der Waals surface area contributed by atoms with Crippen molar-refractivity contribution in [3.8, 4) is 0 Å². The van der Waals surface area contributed by atoms with Gasteiger partial charge in [0.2, 0.25) is 15.9 Å². The van der Waals surface area contributed by atoms with Crippen LogP contribution in [0.4, 0.5) is 11.4 Å². The number of carbonyl (C=O) groups excluding carboxylic acids is 2. The number of hydrogen-bond donors (Lipinski definition) is 2. The molecule has 7 nitrogen and oxygen atoms in total. The van der Waals surface area contributed by atoms with E-state index in [0.29, 0.717) is 24.2 Å². The Bertz CT molecular complexity index is 986. The second-order valence-corrected chi connectivity index (χ2v) is 7.74. The minimum Gasteiger partial charge on any atom is -0.322 e. The molecule has 0 atom stereocenters. The molecule has 1 fully saturated rings. The summed E-state index contributed by atoms with van der Waals surface area (Å²) in [6, 6.07) is 11.2. The van der Waals surface area contributed by atoms with Gasteiger partial charge in [-0.05, 0) is 49.2 Å². The van der Waals surface area contributed by atoms with E-state index in [1.165, 1.54) is 18.2 Å². The molecule has 8 heteroatoms. The molecule has 3 N–H and O–H groups in total. The summed E-state index contributed by atoms with van der Waals surface area (Å²) in [5.41, 5.74) is 2.09. The van der Waals surface area contributed by atoms with Crippen molar-refractivity contribution >= 4 is 33.2 Å². The van der Waals surface area contributed by atoms with Crippen molar-refractivity contribution in [2.75, 3.05) is 16.8 Å². The van der Waals surface area contributed by atoms with Gasteiger partial charge in [-0.25, -0.2) is 13.6 Å². The van der Waals surface area contributed by atoms with Crippen LogP contribution in [0.3, 0.4) is 0 Å². The number of amides is 2. The van der Waals surface area contributed by atoms with E-state index in [4.69, 9.17) is 5.14 Å². The van der Waals surface area contributed by atoms with Gasteiger partial charge in [-0.3, -0.25) is 9.59 Å². The first-order chi connectivity index (χ1) is 12.3. The third-order valence-electron chi connectivity index (χ3n) is 4.27. The summed E-state index contributed by atoms with van der Waals surface area (Å²) in [6.07, 6.45) is 1.34. The highest BCUT2D eigenvalue weighted by Crippen LogP contribution is 2.25. The molecule has 0 aliphatic carbocycles. The predicted molar refractivity (Wildman–Crippen MR) is 98.5 cm³/mol. The number of aryl methyl sites for hydroxylation is 1. The molecule has 2 aromatic rings. The molecule has 1 aliphatic heterocycles. The van der Waals surface area contributed by atoms with Gasteiger partial charge in [-0.2, -0.15) is 0 Å². The van der Waals surface area contributed by atoms with Crippen molar-refractivity contribution in [1.82, 2.24) is 0 Å². The molecule has 0 aromatic heterocycles. The van der Waals surface area contributed by atoms with Crippen LogP contribution in [-0.4, -0.2) is 26.8 Å². The molecule has 0 spiro atoms. The maximum Gasteiger partial charge on any atom is 0.255 e. The highest BCUT2D eigenvalue weighted by molar-refractivity contribution is 7.89. The second kappa shape index (κ2) is 6.89. The Morgan fingerprint density at radius 1 is 1.19 bits per heavy atom. The molecule has 0 radical (unpaired) electrons. The fourth-order valence-corrected chi connectivity index (χ4v) is 3.43. The minimum absolute atomic E-state index is 0.0603. The van der Waals surface area contributed by atoms with E-state index in [2.05, 4.69) is 5.32 Å². The number of anilines is 2. The van der Waals surface area contributed by atoms with Crippen molar-refractivity contribution < 1.29 is 18.0 Å². The standard InChI is InChI=1S/C18H19N3O4S/c1-12-7-8-15(26(19,24)25)11-16(12)18(23)20-13-4-2-5-14(10-13)21-9-3-6-17(21)22/h2,4-5,7-8,10-11H,3,6,9H2,1H3,(H,20,23)(H2,19,24,25). The lowest BCUT2D eigenvalue weighted by Crippen LogP contribution is -2.23. The van der Waals surface area contributed by atoms with Crippen LogP contribution in [0, 0.1) is 6.92 Å². The molecular formula is C18H19N3O4S. The summed E-state index contributed by atoms with van der Waals surface area (Å²) in [6.45, 7) is 2.37. The molecule has 0 unspecified atom stereocenters. The largest absolute Gasteiger partial charge is 0.322 e. The molecule has 1 heterocycles. The van der Waals surface area contributed by atoms with Gasteiger partial charge >= 0.3 is 0 Å². The van der Waals surface area contributed by atoms with Crippen LogP contribution in [0.25, 0.3) is 0 Å². The lowest BCUT2D eigenvalue weighted by Gasteiger charge is -2.17. The number of rotatable bonds is 4. The van der Waals surface area contributed by atoms with Gasteiger partial charge in [0.1, 0.15) is 0 Å². The third-order valence-corrected chi connectivity index (χ3v) is 5.18. The van der Waals surface area contributed by atoms with Crippen molar-refractivity contribution in [1.29, 1.82) is 0 Å². The Balaban J connectivity index is 1.86. The van der Waals surface area contributed by atoms with Crippen LogP contribution >= 0.6 is 0 Å². The van der Waals surface area contributed by atoms with Gasteiger partial charge in [0.15, 0.2) is 0 Å². The maximum absolute atomic E-state index is 12.6. The SMILES string of the molecule is Cc1ccc(S(N)(=O)=O)cc1C(=O)Nc1cccc(N2CCCC2=O)c1. The summed E-state index contributed by atoms with van der Waals surface area (Å²) in [4.78, 5) is 26.0. The monoisotopic (exact) mass is 373 g/mol. The Hall–Kier alpha value is -2.71. The van der Waals surface area contributed by atoms with Crippen molar-refractivity contribution in [2.24, 2.45) is 5.14 Å². The summed E-state index contributed by atoms with van der Waals surface area (Å²) in [7, 11) is -3.90. The van der Waals surface area contributed by atoms with Crippen LogP contribution in [0.2, 0.25) is 0 Å². The summed E-state index contributed by atoms with van der Waals surface area (Å²) in [5, 5.41) is 7.88. The maximum atomic E-state index is 12.6. The fraction of sp³-hybridized carbons (Fsp3) is 0.222. The molecule has 0 bridgehead atoms. The first-order valence-corrected chi connectivity index (χ1v) is 9.65. The first kappa shape index (κ1) is 18.1. The number of sulfonamides is 1. The average molecular weight is 373 g/mol. The van der Waals surface area contributed by atoms with Gasteiger partial charge in [-0.1, -0.05) is 12.1 Å². The molecule has 3 rings (SSSR count). The van der Waals surface area contributed by atoms with Gasteiger partial charge < -0.3 is 10.2 Å². The summed E-state index contributed by atoms with van der Waals surface area (Å²) in [5.74, 6) is -0.386. The normalized spacial score (nSPS) is 14.5. The van der Waals surface area contributed by atoms with Crippen LogP contribution < -0.4 is 15.4 Å². The van der Waals surface area contributed by atoms with Crippen LogP contribution in [0.1, 0.15) is 28.8 Å². The molecule has 0 saturated carbocycles. The van der Waals surface area contributed by atoms with Crippen LogP contribution in [-0.2, 0) is 14.8 Å². The number of carbonyl (C=O) groups is 2. The molecule has 2 amide bonds. The zero-order valence-corrected chi connectivity index (χ0v) is 15.0. The summed E-state index contributed by atoms with van der Waals surface area (Å²) >= 11 is 0. The Morgan fingerprint density at radius 2 is 1.96 bits per heavy atom. The lowest BCUT2D eigenvalue weighted by atomic mass is 10.1. The van der Waals surface area contributed by atoms with E-state index >= 15 is 0 Å². The molecule has 1 aliphatic rings. The van der Waals surface area contributed by atoms with Crippen LogP contribution in [0.15, 0.2) is 47.4 Å². The highest BCUT2D eigenvalue weighted by atomic mass is 32.2. The number of nitrogens with two attached hydrogens (primary N) is 1. The minimum atomic E-state index is -3.90. The van der Waals surface area contributed by atoms with Gasteiger partial charge in [-0.15, -0.1) is 0 Å². The second-order valence-electron chi connectivity index (χ2n) is 6.18. The van der Waals surface area contributed by atoms with E-state index in [1.54, 1.807) is 30.0 Å². The lowest BCUT2D eigenvalue weighted by molar-refractivity contribution is -0.117. The molecular weight excluding hydrogens is 354 g/mol. The Kier molecular flexibility index (Phi) is 4.80. The van der Waals surface area contributed by atoms with Gasteiger partial charge in [0, 0.05) is 29.9 Å². The topological polar surface area (TPSA) is 110 Å². The number of benzene rings is 2. The fourth-order valence-electron chi connectivity index (χ4n) is 2.89. The molecule has 2 aromatic carbocycles. The van der Waals surface area contributed by atoms with Gasteiger partial charge in [0.25, 0.3) is 5.91 Å². The number of primary sulfonamides is 1. The van der Waals surface area contributed by atoms with E-state index in [9.17, 15) is 18.0 Å². The summed E-state index contributed by atoms with van der Waals surface area (Å²) < 4.78 is 23.0. The highest BCUT2D eigenvalue weighted by Gasteiger charge is 2.22. The Labute approximate surface area is 151 Å². The van der Waals surface area contributed by atoms with Crippen LogP contribution in [0.5, 0.6) is 0 Å². The predicted octanol–water partition coefficient (Wildman–Crippen LogP) is 2.02.